The molecule has 1 atom stereocenters. The Balaban J connectivity index is 3.13. The van der Waals surface area contributed by atoms with Crippen molar-refractivity contribution in [2.45, 2.75) is 12.1 Å². The molecule has 1 rings (SSSR count). The summed E-state index contributed by atoms with van der Waals surface area (Å²) in [6, 6.07) is 3.23. The van der Waals surface area contributed by atoms with Gasteiger partial charge in [0.15, 0.2) is 5.92 Å². The number of carboxylic acids is 1. The first-order chi connectivity index (χ1) is 7.73. The zero-order valence-corrected chi connectivity index (χ0v) is 8.14. The minimum atomic E-state index is -4.94. The first kappa shape index (κ1) is 12.9. The summed E-state index contributed by atoms with van der Waals surface area (Å²) in [5, 5.41) is 18.8. The maximum Gasteiger partial charge on any atom is 0.406 e. The Kier molecular flexibility index (Phi) is 3.35. The van der Waals surface area contributed by atoms with E-state index in [0.717, 1.165) is 24.3 Å². The third kappa shape index (κ3) is 2.92. The average Bonchev–Trinajstić information content (AvgIpc) is 2.15. The highest BCUT2D eigenvalue weighted by atomic mass is 19.4. The second-order valence-electron chi connectivity index (χ2n) is 3.16. The van der Waals surface area contributed by atoms with Gasteiger partial charge in [0.1, 0.15) is 0 Å². The lowest BCUT2D eigenvalue weighted by molar-refractivity contribution is -0.384. The van der Waals surface area contributed by atoms with E-state index in [1.54, 1.807) is 0 Å². The number of hydrogen-bond donors (Lipinski definition) is 1. The van der Waals surface area contributed by atoms with Gasteiger partial charge < -0.3 is 5.11 Å². The topological polar surface area (TPSA) is 80.4 Å². The number of nitrogens with zero attached hydrogens (tertiary/aromatic N) is 1. The molecule has 0 bridgehead atoms. The molecule has 0 saturated carbocycles. The number of nitro groups is 1. The molecule has 0 aromatic heterocycles. The van der Waals surface area contributed by atoms with Gasteiger partial charge in [-0.3, -0.25) is 14.9 Å². The highest BCUT2D eigenvalue weighted by Gasteiger charge is 2.46. The molecule has 1 unspecified atom stereocenters. The highest BCUT2D eigenvalue weighted by Crippen LogP contribution is 2.35. The van der Waals surface area contributed by atoms with E-state index in [1.165, 1.54) is 0 Å². The third-order valence-corrected chi connectivity index (χ3v) is 2.01. The molecule has 5 nitrogen and oxygen atoms in total. The predicted octanol–water partition coefficient (Wildman–Crippen LogP) is 2.33. The van der Waals surface area contributed by atoms with Gasteiger partial charge in [-0.15, -0.1) is 0 Å². The Labute approximate surface area is 92.6 Å². The molecule has 0 spiro atoms. The van der Waals surface area contributed by atoms with Crippen molar-refractivity contribution in [3.63, 3.8) is 0 Å². The molecular weight excluding hydrogens is 243 g/mol. The maximum atomic E-state index is 12.4. The molecule has 0 aliphatic heterocycles. The summed E-state index contributed by atoms with van der Waals surface area (Å²) in [5.41, 5.74) is -0.948. The van der Waals surface area contributed by atoms with E-state index in [1.807, 2.05) is 0 Å². The monoisotopic (exact) mass is 249 g/mol. The van der Waals surface area contributed by atoms with E-state index < -0.39 is 34.2 Å². The molecule has 0 aliphatic carbocycles. The molecular formula is C9H6F3NO4. The number of halogens is 3. The molecule has 1 N–H and O–H groups in total. The average molecular weight is 249 g/mol. The lowest BCUT2D eigenvalue weighted by Gasteiger charge is -2.15. The number of nitro benzene ring substituents is 1. The quantitative estimate of drug-likeness (QED) is 0.658. The molecule has 1 aromatic rings. The molecule has 0 fully saturated rings. The van der Waals surface area contributed by atoms with Crippen LogP contribution < -0.4 is 0 Å². The van der Waals surface area contributed by atoms with Crippen LogP contribution in [-0.4, -0.2) is 22.2 Å². The molecule has 0 heterocycles. The summed E-state index contributed by atoms with van der Waals surface area (Å²) in [4.78, 5) is 20.0. The van der Waals surface area contributed by atoms with E-state index >= 15 is 0 Å². The fraction of sp³-hybridized carbons (Fsp3) is 0.222. The standard InChI is InChI=1S/C9H6F3NO4/c10-9(11,12)7(8(14)15)5-1-3-6(4-2-5)13(16)17/h1-4,7H,(H,14,15). The smallest absolute Gasteiger partial charge is 0.406 e. The maximum absolute atomic E-state index is 12.4. The molecule has 17 heavy (non-hydrogen) atoms. The van der Waals surface area contributed by atoms with Gasteiger partial charge in [0, 0.05) is 12.1 Å². The fourth-order valence-corrected chi connectivity index (χ4v) is 1.26. The van der Waals surface area contributed by atoms with Crippen molar-refractivity contribution in [1.29, 1.82) is 0 Å². The molecule has 0 radical (unpaired) electrons. The largest absolute Gasteiger partial charge is 0.481 e. The van der Waals surface area contributed by atoms with Crippen LogP contribution in [0.4, 0.5) is 18.9 Å². The van der Waals surface area contributed by atoms with E-state index in [2.05, 4.69) is 0 Å². The zero-order valence-electron chi connectivity index (χ0n) is 8.14. The number of benzene rings is 1. The van der Waals surface area contributed by atoms with Gasteiger partial charge in [0.2, 0.25) is 0 Å². The van der Waals surface area contributed by atoms with Crippen LogP contribution in [0.5, 0.6) is 0 Å². The summed E-state index contributed by atoms with van der Waals surface area (Å²) in [7, 11) is 0. The number of hydrogen-bond acceptors (Lipinski definition) is 3. The van der Waals surface area contributed by atoms with Gasteiger partial charge >= 0.3 is 12.1 Å². The highest BCUT2D eigenvalue weighted by molar-refractivity contribution is 5.77. The normalized spacial score (nSPS) is 13.1. The SMILES string of the molecule is O=C(O)C(c1ccc([N+](=O)[O-])cc1)C(F)(F)F. The van der Waals surface area contributed by atoms with Gasteiger partial charge in [-0.2, -0.15) is 13.2 Å². The van der Waals surface area contributed by atoms with Gasteiger partial charge in [0.25, 0.3) is 5.69 Å². The van der Waals surface area contributed by atoms with E-state index in [-0.39, 0.29) is 0 Å². The summed E-state index contributed by atoms with van der Waals surface area (Å²) in [6.45, 7) is 0. The Morgan fingerprint density at radius 2 is 1.76 bits per heavy atom. The lowest BCUT2D eigenvalue weighted by atomic mass is 9.98. The van der Waals surface area contributed by atoms with Gasteiger partial charge in [-0.1, -0.05) is 12.1 Å². The molecule has 0 aliphatic rings. The van der Waals surface area contributed by atoms with Crippen LogP contribution in [-0.2, 0) is 4.79 Å². The number of alkyl halides is 3. The first-order valence-corrected chi connectivity index (χ1v) is 4.27. The van der Waals surface area contributed by atoms with Crippen LogP contribution in [0.2, 0.25) is 0 Å². The second kappa shape index (κ2) is 4.40. The van der Waals surface area contributed by atoms with Gasteiger partial charge in [-0.05, 0) is 5.56 Å². The predicted molar refractivity (Wildman–Crippen MR) is 49.5 cm³/mol. The van der Waals surface area contributed by atoms with Crippen LogP contribution >= 0.6 is 0 Å². The summed E-state index contributed by atoms with van der Waals surface area (Å²) >= 11 is 0. The van der Waals surface area contributed by atoms with Crippen LogP contribution in [0.25, 0.3) is 0 Å². The Morgan fingerprint density at radius 3 is 2.06 bits per heavy atom. The fourth-order valence-electron chi connectivity index (χ4n) is 1.26. The summed E-state index contributed by atoms with van der Waals surface area (Å²) < 4.78 is 37.2. The lowest BCUT2D eigenvalue weighted by Crippen LogP contribution is -2.28. The Hall–Kier alpha value is -2.12. The number of rotatable bonds is 3. The van der Waals surface area contributed by atoms with E-state index in [9.17, 15) is 28.1 Å². The van der Waals surface area contributed by atoms with E-state index in [0.29, 0.717) is 0 Å². The van der Waals surface area contributed by atoms with Crippen molar-refractivity contribution in [2.24, 2.45) is 0 Å². The Morgan fingerprint density at radius 1 is 1.29 bits per heavy atom. The van der Waals surface area contributed by atoms with Crippen molar-refractivity contribution in [2.75, 3.05) is 0 Å². The molecule has 92 valence electrons. The van der Waals surface area contributed by atoms with Crippen molar-refractivity contribution in [3.8, 4) is 0 Å². The van der Waals surface area contributed by atoms with Crippen molar-refractivity contribution >= 4 is 11.7 Å². The van der Waals surface area contributed by atoms with Crippen LogP contribution in [0, 0.1) is 10.1 Å². The van der Waals surface area contributed by atoms with E-state index in [4.69, 9.17) is 5.11 Å². The third-order valence-electron chi connectivity index (χ3n) is 2.01. The van der Waals surface area contributed by atoms with Crippen LogP contribution in [0.15, 0.2) is 24.3 Å². The van der Waals surface area contributed by atoms with Crippen LogP contribution in [0.3, 0.4) is 0 Å². The summed E-state index contributed by atoms with van der Waals surface area (Å²) in [6.07, 6.45) is -4.94. The van der Waals surface area contributed by atoms with Gasteiger partial charge in [0.05, 0.1) is 4.92 Å². The van der Waals surface area contributed by atoms with Crippen LogP contribution in [0.1, 0.15) is 11.5 Å². The zero-order chi connectivity index (χ0) is 13.2. The Bertz CT molecular complexity index is 441. The number of carbonyl (C=O) groups is 1. The first-order valence-electron chi connectivity index (χ1n) is 4.27. The minimum Gasteiger partial charge on any atom is -0.481 e. The van der Waals surface area contributed by atoms with Crippen molar-refractivity contribution in [1.82, 2.24) is 0 Å². The molecule has 1 aromatic carbocycles. The number of non-ortho nitro benzene ring substituents is 1. The molecule has 8 heteroatoms. The van der Waals surface area contributed by atoms with Gasteiger partial charge in [-0.25, -0.2) is 0 Å². The minimum absolute atomic E-state index is 0.403. The van der Waals surface area contributed by atoms with Crippen molar-refractivity contribution < 1.29 is 28.0 Å². The second-order valence-corrected chi connectivity index (χ2v) is 3.16. The van der Waals surface area contributed by atoms with Crippen molar-refractivity contribution in [3.05, 3.63) is 39.9 Å². The molecule has 0 amide bonds. The summed E-state index contributed by atoms with van der Waals surface area (Å²) in [5.74, 6) is -4.73. The number of aliphatic carboxylic acids is 1. The number of carboxylic acid groups (broad SMARTS) is 1. The molecule has 0 saturated heterocycles.